The lowest BCUT2D eigenvalue weighted by molar-refractivity contribution is -0.141. The standard InChI is InChI=1S/C20H21NO5S/c1-12-4-6-13(7-5-12)19-21(17(11-27-19)20(23)24)18(22)14-8-15(25-2)10-16(9-14)26-3/h4-10,17,19H,11H2,1-3H3,(H,23,24). The summed E-state index contributed by atoms with van der Waals surface area (Å²) in [6.07, 6.45) is 0. The van der Waals surface area contributed by atoms with Gasteiger partial charge in [-0.15, -0.1) is 11.8 Å². The summed E-state index contributed by atoms with van der Waals surface area (Å²) in [6.45, 7) is 1.98. The van der Waals surface area contributed by atoms with Crippen LogP contribution in [0.2, 0.25) is 0 Å². The topological polar surface area (TPSA) is 76.1 Å². The largest absolute Gasteiger partial charge is 0.497 e. The maximum absolute atomic E-state index is 13.3. The lowest BCUT2D eigenvalue weighted by Crippen LogP contribution is -2.43. The first-order valence-electron chi connectivity index (χ1n) is 8.41. The van der Waals surface area contributed by atoms with Crippen molar-refractivity contribution in [1.29, 1.82) is 0 Å². The SMILES string of the molecule is COc1cc(OC)cc(C(=O)N2C(C(=O)O)CSC2c2ccc(C)cc2)c1. The van der Waals surface area contributed by atoms with Crippen LogP contribution in [0.3, 0.4) is 0 Å². The maximum atomic E-state index is 13.3. The molecule has 0 aliphatic carbocycles. The summed E-state index contributed by atoms with van der Waals surface area (Å²) in [7, 11) is 3.01. The first-order chi connectivity index (χ1) is 12.9. The van der Waals surface area contributed by atoms with E-state index in [1.807, 2.05) is 31.2 Å². The van der Waals surface area contributed by atoms with Crippen molar-refractivity contribution >= 4 is 23.6 Å². The predicted molar refractivity (Wildman–Crippen MR) is 104 cm³/mol. The Kier molecular flexibility index (Phi) is 5.60. The van der Waals surface area contributed by atoms with Gasteiger partial charge < -0.3 is 19.5 Å². The Morgan fingerprint density at radius 1 is 1.07 bits per heavy atom. The fraction of sp³-hybridized carbons (Fsp3) is 0.300. The van der Waals surface area contributed by atoms with E-state index in [1.54, 1.807) is 18.2 Å². The van der Waals surface area contributed by atoms with Gasteiger partial charge in [0.05, 0.1) is 14.2 Å². The fourth-order valence-electron chi connectivity index (χ4n) is 3.01. The van der Waals surface area contributed by atoms with E-state index in [1.165, 1.54) is 30.9 Å². The van der Waals surface area contributed by atoms with Gasteiger partial charge in [0.1, 0.15) is 22.9 Å². The second-order valence-electron chi connectivity index (χ2n) is 6.26. The first-order valence-corrected chi connectivity index (χ1v) is 9.46. The molecule has 2 aromatic rings. The minimum Gasteiger partial charge on any atom is -0.497 e. The van der Waals surface area contributed by atoms with Crippen molar-refractivity contribution in [3.8, 4) is 11.5 Å². The Labute approximate surface area is 162 Å². The number of ether oxygens (including phenoxy) is 2. The number of carboxylic acids is 1. The molecule has 2 aromatic carbocycles. The number of aryl methyl sites for hydroxylation is 1. The molecule has 1 fully saturated rings. The number of hydrogen-bond donors (Lipinski definition) is 1. The van der Waals surface area contributed by atoms with Crippen molar-refractivity contribution in [2.75, 3.05) is 20.0 Å². The van der Waals surface area contributed by atoms with Crippen LogP contribution in [-0.2, 0) is 4.79 Å². The second kappa shape index (κ2) is 7.92. The summed E-state index contributed by atoms with van der Waals surface area (Å²) in [5, 5.41) is 9.27. The maximum Gasteiger partial charge on any atom is 0.327 e. The molecular weight excluding hydrogens is 366 g/mol. The number of thioether (sulfide) groups is 1. The highest BCUT2D eigenvalue weighted by molar-refractivity contribution is 7.99. The van der Waals surface area contributed by atoms with E-state index in [0.29, 0.717) is 22.8 Å². The van der Waals surface area contributed by atoms with E-state index >= 15 is 0 Å². The third-order valence-electron chi connectivity index (χ3n) is 4.48. The van der Waals surface area contributed by atoms with E-state index in [2.05, 4.69) is 0 Å². The molecule has 0 radical (unpaired) electrons. The number of aliphatic carboxylic acids is 1. The minimum atomic E-state index is -1.01. The summed E-state index contributed by atoms with van der Waals surface area (Å²) in [5.41, 5.74) is 2.33. The van der Waals surface area contributed by atoms with E-state index in [4.69, 9.17) is 9.47 Å². The zero-order chi connectivity index (χ0) is 19.6. The molecule has 7 heteroatoms. The molecule has 1 aliphatic rings. The van der Waals surface area contributed by atoms with Gasteiger partial charge in [0.15, 0.2) is 0 Å². The number of amides is 1. The van der Waals surface area contributed by atoms with Gasteiger partial charge in [-0.3, -0.25) is 4.79 Å². The summed E-state index contributed by atoms with van der Waals surface area (Å²) in [6, 6.07) is 11.8. The molecule has 1 saturated heterocycles. The molecule has 2 atom stereocenters. The molecule has 0 bridgehead atoms. The van der Waals surface area contributed by atoms with E-state index < -0.39 is 12.0 Å². The molecule has 0 spiro atoms. The van der Waals surface area contributed by atoms with Crippen molar-refractivity contribution in [3.05, 3.63) is 59.2 Å². The van der Waals surface area contributed by atoms with Gasteiger partial charge in [0.2, 0.25) is 0 Å². The van der Waals surface area contributed by atoms with Gasteiger partial charge in [0.25, 0.3) is 5.91 Å². The van der Waals surface area contributed by atoms with Gasteiger partial charge in [-0.1, -0.05) is 29.8 Å². The second-order valence-corrected chi connectivity index (χ2v) is 7.38. The minimum absolute atomic E-state index is 0.331. The molecule has 1 aliphatic heterocycles. The van der Waals surface area contributed by atoms with Crippen molar-refractivity contribution in [2.45, 2.75) is 18.3 Å². The van der Waals surface area contributed by atoms with Gasteiger partial charge in [0, 0.05) is 17.4 Å². The number of carbonyl (C=O) groups is 2. The molecule has 1 amide bonds. The summed E-state index contributed by atoms with van der Waals surface area (Å²) >= 11 is 1.45. The van der Waals surface area contributed by atoms with E-state index in [9.17, 15) is 14.7 Å². The Morgan fingerprint density at radius 3 is 2.19 bits per heavy atom. The molecule has 1 N–H and O–H groups in total. The fourth-order valence-corrected chi connectivity index (χ4v) is 4.43. The van der Waals surface area contributed by atoms with Crippen LogP contribution >= 0.6 is 11.8 Å². The molecule has 6 nitrogen and oxygen atoms in total. The molecule has 142 valence electrons. The summed E-state index contributed by atoms with van der Waals surface area (Å²) in [5.74, 6) is -0.0945. The molecular formula is C20H21NO5S. The third kappa shape index (κ3) is 3.88. The summed E-state index contributed by atoms with van der Waals surface area (Å²) in [4.78, 5) is 26.5. The Morgan fingerprint density at radius 2 is 1.67 bits per heavy atom. The lowest BCUT2D eigenvalue weighted by Gasteiger charge is -2.28. The van der Waals surface area contributed by atoms with Crippen LogP contribution in [0, 0.1) is 6.92 Å². The van der Waals surface area contributed by atoms with Crippen molar-refractivity contribution in [3.63, 3.8) is 0 Å². The van der Waals surface area contributed by atoms with Crippen LogP contribution in [0.25, 0.3) is 0 Å². The highest BCUT2D eigenvalue weighted by Gasteiger charge is 2.42. The van der Waals surface area contributed by atoms with Crippen molar-refractivity contribution in [1.82, 2.24) is 4.90 Å². The van der Waals surface area contributed by atoms with E-state index in [0.717, 1.165) is 11.1 Å². The number of methoxy groups -OCH3 is 2. The quantitative estimate of drug-likeness (QED) is 0.848. The van der Waals surface area contributed by atoms with Crippen LogP contribution in [0.5, 0.6) is 11.5 Å². The Balaban J connectivity index is 2.01. The average molecular weight is 387 g/mol. The first kappa shape index (κ1) is 19.1. The van der Waals surface area contributed by atoms with Crippen LogP contribution in [0.1, 0.15) is 26.9 Å². The number of rotatable bonds is 5. The van der Waals surface area contributed by atoms with Crippen LogP contribution in [-0.4, -0.2) is 47.9 Å². The Hall–Kier alpha value is -2.67. The van der Waals surface area contributed by atoms with Crippen LogP contribution in [0.15, 0.2) is 42.5 Å². The van der Waals surface area contributed by atoms with Crippen molar-refractivity contribution in [2.24, 2.45) is 0 Å². The van der Waals surface area contributed by atoms with Crippen molar-refractivity contribution < 1.29 is 24.2 Å². The highest BCUT2D eigenvalue weighted by atomic mass is 32.2. The number of nitrogens with zero attached hydrogens (tertiary/aromatic N) is 1. The van der Waals surface area contributed by atoms with Crippen LogP contribution in [0.4, 0.5) is 0 Å². The number of benzene rings is 2. The normalized spacial score (nSPS) is 19.0. The Bertz CT molecular complexity index is 830. The molecule has 3 rings (SSSR count). The smallest absolute Gasteiger partial charge is 0.327 e. The van der Waals surface area contributed by atoms with Gasteiger partial charge >= 0.3 is 5.97 Å². The monoisotopic (exact) mass is 387 g/mol. The summed E-state index contributed by atoms with van der Waals surface area (Å²) < 4.78 is 10.5. The number of hydrogen-bond acceptors (Lipinski definition) is 5. The third-order valence-corrected chi connectivity index (χ3v) is 5.80. The molecule has 1 heterocycles. The van der Waals surface area contributed by atoms with E-state index in [-0.39, 0.29) is 11.3 Å². The number of carbonyl (C=O) groups excluding carboxylic acids is 1. The molecule has 27 heavy (non-hydrogen) atoms. The van der Waals surface area contributed by atoms with Gasteiger partial charge in [-0.2, -0.15) is 0 Å². The van der Waals surface area contributed by atoms with Crippen LogP contribution < -0.4 is 9.47 Å². The highest BCUT2D eigenvalue weighted by Crippen LogP contribution is 2.42. The predicted octanol–water partition coefficient (Wildman–Crippen LogP) is 3.35. The van der Waals surface area contributed by atoms with Gasteiger partial charge in [-0.05, 0) is 24.6 Å². The lowest BCUT2D eigenvalue weighted by atomic mass is 10.1. The molecule has 2 unspecified atom stereocenters. The zero-order valence-electron chi connectivity index (χ0n) is 15.3. The zero-order valence-corrected chi connectivity index (χ0v) is 16.2. The molecule has 0 aromatic heterocycles. The molecule has 0 saturated carbocycles. The van der Waals surface area contributed by atoms with Gasteiger partial charge in [-0.25, -0.2) is 4.79 Å². The number of carboxylic acid groups (broad SMARTS) is 1. The average Bonchev–Trinajstić information content (AvgIpc) is 3.12.